The third-order valence-corrected chi connectivity index (χ3v) is 3.15. The molecule has 1 unspecified atom stereocenters. The third-order valence-electron chi connectivity index (χ3n) is 3.15. The smallest absolute Gasteiger partial charge is 0.122 e. The van der Waals surface area contributed by atoms with E-state index in [0.717, 1.165) is 43.0 Å². The predicted molar refractivity (Wildman–Crippen MR) is 79.1 cm³/mol. The molecule has 4 heteroatoms. The summed E-state index contributed by atoms with van der Waals surface area (Å²) in [5.74, 6) is 1.83. The highest BCUT2D eigenvalue weighted by molar-refractivity contribution is 5.46. The summed E-state index contributed by atoms with van der Waals surface area (Å²) in [4.78, 5) is 0. The molecule has 0 aliphatic carbocycles. The van der Waals surface area contributed by atoms with Crippen molar-refractivity contribution in [3.05, 3.63) is 23.3 Å². The Bertz CT molecular complexity index is 392. The first kappa shape index (κ1) is 15.8. The van der Waals surface area contributed by atoms with E-state index in [1.165, 1.54) is 5.56 Å². The van der Waals surface area contributed by atoms with Crippen molar-refractivity contribution in [3.8, 4) is 11.5 Å². The molecule has 1 rings (SSSR count). The van der Waals surface area contributed by atoms with Crippen LogP contribution in [0.2, 0.25) is 0 Å². The first-order valence-corrected chi connectivity index (χ1v) is 6.76. The first-order valence-electron chi connectivity index (χ1n) is 6.76. The van der Waals surface area contributed by atoms with Crippen LogP contribution in [-0.2, 0) is 6.42 Å². The Hall–Kier alpha value is -1.26. The minimum absolute atomic E-state index is 0.251. The minimum Gasteiger partial charge on any atom is -0.496 e. The zero-order chi connectivity index (χ0) is 14.3. The van der Waals surface area contributed by atoms with Crippen LogP contribution in [0.3, 0.4) is 0 Å². The number of rotatable bonds is 8. The van der Waals surface area contributed by atoms with E-state index in [1.807, 2.05) is 19.9 Å². The van der Waals surface area contributed by atoms with E-state index < -0.39 is 0 Å². The topological polar surface area (TPSA) is 56.5 Å². The van der Waals surface area contributed by atoms with Gasteiger partial charge in [-0.05, 0) is 63.0 Å². The van der Waals surface area contributed by atoms with E-state index >= 15 is 0 Å². The van der Waals surface area contributed by atoms with Crippen LogP contribution in [0.15, 0.2) is 12.1 Å². The molecule has 19 heavy (non-hydrogen) atoms. The quantitative estimate of drug-likeness (QED) is 0.705. The molecule has 0 aromatic heterocycles. The van der Waals surface area contributed by atoms with Crippen LogP contribution < -0.4 is 20.5 Å². The Morgan fingerprint density at radius 3 is 2.42 bits per heavy atom. The van der Waals surface area contributed by atoms with E-state index in [0.29, 0.717) is 0 Å². The van der Waals surface area contributed by atoms with Gasteiger partial charge in [0.1, 0.15) is 11.5 Å². The van der Waals surface area contributed by atoms with Gasteiger partial charge in [0.2, 0.25) is 0 Å². The Balaban J connectivity index is 2.56. The van der Waals surface area contributed by atoms with Crippen molar-refractivity contribution in [3.63, 3.8) is 0 Å². The highest BCUT2D eigenvalue weighted by Gasteiger charge is 2.08. The third kappa shape index (κ3) is 5.09. The van der Waals surface area contributed by atoms with Crippen molar-refractivity contribution in [1.29, 1.82) is 0 Å². The molecule has 4 nitrogen and oxygen atoms in total. The van der Waals surface area contributed by atoms with Crippen LogP contribution in [0.4, 0.5) is 0 Å². The van der Waals surface area contributed by atoms with Gasteiger partial charge in [0.15, 0.2) is 0 Å². The fourth-order valence-electron chi connectivity index (χ4n) is 1.99. The van der Waals surface area contributed by atoms with Crippen LogP contribution in [-0.4, -0.2) is 33.4 Å². The average Bonchev–Trinajstić information content (AvgIpc) is 2.38. The lowest BCUT2D eigenvalue weighted by Crippen LogP contribution is -2.25. The molecular formula is C15H26N2O2. The molecule has 0 bridgehead atoms. The molecule has 0 radical (unpaired) electrons. The molecule has 1 atom stereocenters. The molecule has 0 heterocycles. The lowest BCUT2D eigenvalue weighted by Gasteiger charge is -2.13. The number of aryl methyl sites for hydroxylation is 1. The van der Waals surface area contributed by atoms with Crippen molar-refractivity contribution >= 4 is 0 Å². The van der Waals surface area contributed by atoms with Gasteiger partial charge in [-0.2, -0.15) is 0 Å². The summed E-state index contributed by atoms with van der Waals surface area (Å²) >= 11 is 0. The van der Waals surface area contributed by atoms with E-state index in [4.69, 9.17) is 15.2 Å². The Labute approximate surface area is 116 Å². The summed E-state index contributed by atoms with van der Waals surface area (Å²) in [6.45, 7) is 5.90. The number of benzene rings is 1. The minimum atomic E-state index is 0.251. The zero-order valence-corrected chi connectivity index (χ0v) is 12.5. The van der Waals surface area contributed by atoms with E-state index in [9.17, 15) is 0 Å². The van der Waals surface area contributed by atoms with Gasteiger partial charge in [-0.15, -0.1) is 0 Å². The number of hydrogen-bond donors (Lipinski definition) is 2. The van der Waals surface area contributed by atoms with Gasteiger partial charge in [0.05, 0.1) is 14.2 Å². The highest BCUT2D eigenvalue weighted by Crippen LogP contribution is 2.28. The fourth-order valence-corrected chi connectivity index (χ4v) is 1.99. The number of nitrogens with two attached hydrogens (primary N) is 1. The van der Waals surface area contributed by atoms with E-state index in [1.54, 1.807) is 14.2 Å². The van der Waals surface area contributed by atoms with E-state index in [-0.39, 0.29) is 6.04 Å². The van der Waals surface area contributed by atoms with Crippen molar-refractivity contribution in [2.45, 2.75) is 32.7 Å². The van der Waals surface area contributed by atoms with Crippen LogP contribution in [0.25, 0.3) is 0 Å². The second-order valence-corrected chi connectivity index (χ2v) is 4.90. The molecule has 1 aromatic rings. The van der Waals surface area contributed by atoms with Crippen molar-refractivity contribution < 1.29 is 9.47 Å². The van der Waals surface area contributed by atoms with Crippen molar-refractivity contribution in [2.24, 2.45) is 5.73 Å². The van der Waals surface area contributed by atoms with Gasteiger partial charge < -0.3 is 20.5 Å². The summed E-state index contributed by atoms with van der Waals surface area (Å²) in [6, 6.07) is 4.33. The molecule has 0 saturated heterocycles. The lowest BCUT2D eigenvalue weighted by atomic mass is 10.1. The van der Waals surface area contributed by atoms with Crippen molar-refractivity contribution in [1.82, 2.24) is 5.32 Å². The first-order chi connectivity index (χ1) is 9.08. The Morgan fingerprint density at radius 1 is 1.16 bits per heavy atom. The number of hydrogen-bond acceptors (Lipinski definition) is 4. The molecule has 0 amide bonds. The summed E-state index contributed by atoms with van der Waals surface area (Å²) < 4.78 is 10.8. The maximum Gasteiger partial charge on any atom is 0.122 e. The van der Waals surface area contributed by atoms with E-state index in [2.05, 4.69) is 11.4 Å². The predicted octanol–water partition coefficient (Wildman–Crippen LogP) is 1.88. The monoisotopic (exact) mass is 266 g/mol. The second-order valence-electron chi connectivity index (χ2n) is 4.90. The second kappa shape index (κ2) is 8.02. The van der Waals surface area contributed by atoms with Crippen LogP contribution in [0.1, 0.15) is 24.5 Å². The number of ether oxygens (including phenoxy) is 2. The summed E-state index contributed by atoms with van der Waals surface area (Å²) in [6.07, 6.45) is 1.91. The maximum atomic E-state index is 5.71. The SMILES string of the molecule is COc1cc(CCNCCC(C)N)c(OC)cc1C. The Morgan fingerprint density at radius 2 is 1.84 bits per heavy atom. The van der Waals surface area contributed by atoms with Gasteiger partial charge in [0, 0.05) is 6.04 Å². The van der Waals surface area contributed by atoms with Crippen molar-refractivity contribution in [2.75, 3.05) is 27.3 Å². The van der Waals surface area contributed by atoms with Gasteiger partial charge in [0.25, 0.3) is 0 Å². The molecule has 0 aliphatic heterocycles. The lowest BCUT2D eigenvalue weighted by molar-refractivity contribution is 0.396. The molecule has 3 N–H and O–H groups in total. The molecule has 0 aliphatic rings. The maximum absolute atomic E-state index is 5.71. The van der Waals surface area contributed by atoms with Gasteiger partial charge >= 0.3 is 0 Å². The fraction of sp³-hybridized carbons (Fsp3) is 0.600. The summed E-state index contributed by atoms with van der Waals surface area (Å²) in [5, 5.41) is 3.39. The van der Waals surface area contributed by atoms with Gasteiger partial charge in [-0.3, -0.25) is 0 Å². The molecule has 1 aromatic carbocycles. The molecule has 0 fully saturated rings. The number of nitrogens with one attached hydrogen (secondary N) is 1. The molecule has 0 spiro atoms. The van der Waals surface area contributed by atoms with Gasteiger partial charge in [-0.25, -0.2) is 0 Å². The van der Waals surface area contributed by atoms with Crippen LogP contribution >= 0.6 is 0 Å². The average molecular weight is 266 g/mol. The zero-order valence-electron chi connectivity index (χ0n) is 12.5. The van der Waals surface area contributed by atoms with Crippen LogP contribution in [0.5, 0.6) is 11.5 Å². The normalized spacial score (nSPS) is 12.3. The summed E-state index contributed by atoms with van der Waals surface area (Å²) in [7, 11) is 3.40. The standard InChI is InChI=1S/C15H26N2O2/c1-11-9-15(19-4)13(10-14(11)18-3)6-8-17-7-5-12(2)16/h9-10,12,17H,5-8,16H2,1-4H3. The van der Waals surface area contributed by atoms with Crippen LogP contribution in [0, 0.1) is 6.92 Å². The van der Waals surface area contributed by atoms with Gasteiger partial charge in [-0.1, -0.05) is 0 Å². The molecular weight excluding hydrogens is 240 g/mol. The summed E-state index contributed by atoms with van der Waals surface area (Å²) in [5.41, 5.74) is 7.97. The largest absolute Gasteiger partial charge is 0.496 e. The number of methoxy groups -OCH3 is 2. The molecule has 0 saturated carbocycles. The highest BCUT2D eigenvalue weighted by atomic mass is 16.5. The Kier molecular flexibility index (Phi) is 6.67. The molecule has 108 valence electrons.